The van der Waals surface area contributed by atoms with Gasteiger partial charge in [0.2, 0.25) is 5.91 Å². The summed E-state index contributed by atoms with van der Waals surface area (Å²) in [5, 5.41) is 5.90. The molecule has 0 fully saturated rings. The molecule has 3 aromatic rings. The highest BCUT2D eigenvalue weighted by atomic mass is 32.1. The summed E-state index contributed by atoms with van der Waals surface area (Å²) in [6.07, 6.45) is 0.262. The molecule has 2 heterocycles. The molecule has 5 nitrogen and oxygen atoms in total. The van der Waals surface area contributed by atoms with E-state index >= 15 is 0 Å². The first-order valence-electron chi connectivity index (χ1n) is 8.88. The van der Waals surface area contributed by atoms with E-state index < -0.39 is 0 Å². The van der Waals surface area contributed by atoms with E-state index in [1.165, 1.54) is 0 Å². The van der Waals surface area contributed by atoms with Crippen LogP contribution < -0.4 is 14.8 Å². The van der Waals surface area contributed by atoms with Gasteiger partial charge in [0.25, 0.3) is 0 Å². The molecule has 138 valence electrons. The molecule has 27 heavy (non-hydrogen) atoms. The number of thiazole rings is 1. The van der Waals surface area contributed by atoms with Crippen LogP contribution in [0, 0.1) is 0 Å². The molecule has 1 aromatic heterocycles. The highest BCUT2D eigenvalue weighted by Crippen LogP contribution is 2.32. The molecule has 0 aliphatic carbocycles. The van der Waals surface area contributed by atoms with Crippen molar-refractivity contribution in [2.75, 3.05) is 13.2 Å². The van der Waals surface area contributed by atoms with E-state index in [9.17, 15) is 4.79 Å². The van der Waals surface area contributed by atoms with Crippen LogP contribution in [0.2, 0.25) is 0 Å². The fraction of sp³-hybridized carbons (Fsp3) is 0.238. The molecule has 0 unspecified atom stereocenters. The topological polar surface area (TPSA) is 60.5 Å². The molecule has 1 aliphatic heterocycles. The van der Waals surface area contributed by atoms with Crippen LogP contribution in [0.25, 0.3) is 10.6 Å². The number of hydrogen-bond acceptors (Lipinski definition) is 5. The van der Waals surface area contributed by atoms with Gasteiger partial charge < -0.3 is 14.8 Å². The number of fused-ring (bicyclic) bond motifs is 1. The molecular weight excluding hydrogens is 360 g/mol. The summed E-state index contributed by atoms with van der Waals surface area (Å²) in [6.45, 7) is 3.07. The van der Waals surface area contributed by atoms with E-state index in [4.69, 9.17) is 9.47 Å². The summed E-state index contributed by atoms with van der Waals surface area (Å²) in [5.74, 6) is 1.42. The molecule has 0 saturated heterocycles. The molecule has 2 aromatic carbocycles. The molecule has 1 amide bonds. The van der Waals surface area contributed by atoms with Crippen LogP contribution >= 0.6 is 11.3 Å². The van der Waals surface area contributed by atoms with Gasteiger partial charge in [-0.1, -0.05) is 36.4 Å². The van der Waals surface area contributed by atoms with Crippen LogP contribution in [-0.4, -0.2) is 24.1 Å². The van der Waals surface area contributed by atoms with Crippen molar-refractivity contribution < 1.29 is 14.3 Å². The van der Waals surface area contributed by atoms with Crippen LogP contribution in [-0.2, 0) is 11.2 Å². The SMILES string of the molecule is C[C@@H](NC(=O)Cc1csc(-c2ccccc2)n1)c1ccc2c(c1)OCCO2. The third kappa shape index (κ3) is 4.11. The van der Waals surface area contributed by atoms with E-state index in [1.54, 1.807) is 11.3 Å². The van der Waals surface area contributed by atoms with E-state index in [0.29, 0.717) is 13.2 Å². The first kappa shape index (κ1) is 17.5. The minimum Gasteiger partial charge on any atom is -0.486 e. The average Bonchev–Trinajstić information content (AvgIpc) is 3.16. The molecule has 1 aliphatic rings. The zero-order valence-corrected chi connectivity index (χ0v) is 15.8. The second-order valence-electron chi connectivity index (χ2n) is 6.38. The number of carbonyl (C=O) groups is 1. The lowest BCUT2D eigenvalue weighted by atomic mass is 10.1. The highest BCUT2D eigenvalue weighted by molar-refractivity contribution is 7.13. The third-order valence-electron chi connectivity index (χ3n) is 4.36. The summed E-state index contributed by atoms with van der Waals surface area (Å²) < 4.78 is 11.2. The van der Waals surface area contributed by atoms with Gasteiger partial charge in [0, 0.05) is 10.9 Å². The van der Waals surface area contributed by atoms with Crippen molar-refractivity contribution in [1.82, 2.24) is 10.3 Å². The van der Waals surface area contributed by atoms with Crippen LogP contribution in [0.5, 0.6) is 11.5 Å². The Balaban J connectivity index is 1.39. The Morgan fingerprint density at radius 3 is 2.74 bits per heavy atom. The van der Waals surface area contributed by atoms with Gasteiger partial charge in [0.15, 0.2) is 11.5 Å². The molecule has 1 atom stereocenters. The Morgan fingerprint density at radius 1 is 1.15 bits per heavy atom. The van der Waals surface area contributed by atoms with Crippen LogP contribution in [0.1, 0.15) is 24.2 Å². The molecule has 0 saturated carbocycles. The zero-order chi connectivity index (χ0) is 18.6. The molecule has 0 bridgehead atoms. The van der Waals surface area contributed by atoms with Gasteiger partial charge in [-0.15, -0.1) is 11.3 Å². The van der Waals surface area contributed by atoms with Crippen molar-refractivity contribution in [2.45, 2.75) is 19.4 Å². The minimum atomic E-state index is -0.124. The number of ether oxygens (including phenoxy) is 2. The number of carbonyl (C=O) groups excluding carboxylic acids is 1. The molecule has 0 radical (unpaired) electrons. The lowest BCUT2D eigenvalue weighted by Gasteiger charge is -2.21. The average molecular weight is 380 g/mol. The van der Waals surface area contributed by atoms with Crippen LogP contribution in [0.4, 0.5) is 0 Å². The quantitative estimate of drug-likeness (QED) is 0.727. The van der Waals surface area contributed by atoms with Gasteiger partial charge in [-0.3, -0.25) is 4.79 Å². The number of rotatable bonds is 5. The summed E-state index contributed by atoms with van der Waals surface area (Å²) in [5.41, 5.74) is 2.83. The smallest absolute Gasteiger partial charge is 0.226 e. The second kappa shape index (κ2) is 7.80. The lowest BCUT2D eigenvalue weighted by Crippen LogP contribution is -2.28. The van der Waals surface area contributed by atoms with Crippen LogP contribution in [0.3, 0.4) is 0 Å². The standard InChI is InChI=1S/C21H20N2O3S/c1-14(16-7-8-18-19(11-16)26-10-9-25-18)22-20(24)12-17-13-27-21(23-17)15-5-3-2-4-6-15/h2-8,11,13-14H,9-10,12H2,1H3,(H,22,24)/t14-/m1/s1. The van der Waals surface area contributed by atoms with Crippen molar-refractivity contribution in [3.8, 4) is 22.1 Å². The highest BCUT2D eigenvalue weighted by Gasteiger charge is 2.16. The van der Waals surface area contributed by atoms with Gasteiger partial charge in [-0.25, -0.2) is 4.98 Å². The molecular formula is C21H20N2O3S. The van der Waals surface area contributed by atoms with E-state index in [1.807, 2.05) is 60.8 Å². The Kier molecular flexibility index (Phi) is 5.07. The number of nitrogens with zero attached hydrogens (tertiary/aromatic N) is 1. The fourth-order valence-corrected chi connectivity index (χ4v) is 3.80. The Labute approximate surface area is 162 Å². The predicted octanol–water partition coefficient (Wildman–Crippen LogP) is 4.00. The number of hydrogen-bond donors (Lipinski definition) is 1. The van der Waals surface area contributed by atoms with E-state index in [0.717, 1.165) is 33.3 Å². The van der Waals surface area contributed by atoms with E-state index in [-0.39, 0.29) is 18.4 Å². The number of benzene rings is 2. The normalized spacial score (nSPS) is 13.8. The summed E-state index contributed by atoms with van der Waals surface area (Å²) >= 11 is 1.55. The number of nitrogens with one attached hydrogen (secondary N) is 1. The van der Waals surface area contributed by atoms with Crippen molar-refractivity contribution in [2.24, 2.45) is 0 Å². The molecule has 4 rings (SSSR count). The second-order valence-corrected chi connectivity index (χ2v) is 7.24. The maximum absolute atomic E-state index is 12.4. The van der Waals surface area contributed by atoms with Gasteiger partial charge in [0.1, 0.15) is 18.2 Å². The largest absolute Gasteiger partial charge is 0.486 e. The zero-order valence-electron chi connectivity index (χ0n) is 15.0. The Bertz CT molecular complexity index is 940. The van der Waals surface area contributed by atoms with Gasteiger partial charge in [-0.2, -0.15) is 0 Å². The summed E-state index contributed by atoms with van der Waals surface area (Å²) in [6, 6.07) is 15.6. The van der Waals surface area contributed by atoms with Crippen molar-refractivity contribution in [1.29, 1.82) is 0 Å². The molecule has 6 heteroatoms. The Hall–Kier alpha value is -2.86. The van der Waals surface area contributed by atoms with Crippen LogP contribution in [0.15, 0.2) is 53.9 Å². The molecule has 0 spiro atoms. The van der Waals surface area contributed by atoms with Gasteiger partial charge in [0.05, 0.1) is 18.2 Å². The number of aromatic nitrogens is 1. The van der Waals surface area contributed by atoms with Crippen molar-refractivity contribution in [3.05, 3.63) is 65.2 Å². The van der Waals surface area contributed by atoms with Crippen molar-refractivity contribution in [3.63, 3.8) is 0 Å². The summed E-state index contributed by atoms with van der Waals surface area (Å²) in [4.78, 5) is 17.0. The lowest BCUT2D eigenvalue weighted by molar-refractivity contribution is -0.121. The first-order valence-corrected chi connectivity index (χ1v) is 9.76. The van der Waals surface area contributed by atoms with E-state index in [2.05, 4.69) is 10.3 Å². The third-order valence-corrected chi connectivity index (χ3v) is 5.30. The molecule has 1 N–H and O–H groups in total. The number of amides is 1. The minimum absolute atomic E-state index is 0.0534. The predicted molar refractivity (Wildman–Crippen MR) is 105 cm³/mol. The Morgan fingerprint density at radius 2 is 1.93 bits per heavy atom. The summed E-state index contributed by atoms with van der Waals surface area (Å²) in [7, 11) is 0. The van der Waals surface area contributed by atoms with Gasteiger partial charge in [-0.05, 0) is 24.6 Å². The first-order chi connectivity index (χ1) is 13.2. The van der Waals surface area contributed by atoms with Crippen molar-refractivity contribution >= 4 is 17.2 Å². The fourth-order valence-electron chi connectivity index (χ4n) is 2.97. The van der Waals surface area contributed by atoms with Gasteiger partial charge >= 0.3 is 0 Å². The monoisotopic (exact) mass is 380 g/mol. The maximum Gasteiger partial charge on any atom is 0.226 e. The maximum atomic E-state index is 12.4.